The maximum absolute atomic E-state index is 6.44. The van der Waals surface area contributed by atoms with E-state index in [0.29, 0.717) is 0 Å². The van der Waals surface area contributed by atoms with Crippen molar-refractivity contribution >= 4 is 55.7 Å². The first-order chi connectivity index (χ1) is 28.6. The van der Waals surface area contributed by atoms with Crippen LogP contribution in [0, 0.1) is 0 Å². The summed E-state index contributed by atoms with van der Waals surface area (Å²) in [5, 5.41) is 5.69. The molecule has 0 spiro atoms. The molecule has 0 fully saturated rings. The molecule has 10 rings (SSSR count). The van der Waals surface area contributed by atoms with Crippen molar-refractivity contribution in [3.63, 3.8) is 0 Å². The Morgan fingerprint density at radius 3 is 2.22 bits per heavy atom. The Labute approximate surface area is 338 Å². The molecule has 0 saturated heterocycles. The molecular formula is C54H40N2O2. The molecule has 1 aromatic heterocycles. The lowest BCUT2D eigenvalue weighted by molar-refractivity contribution is 0.480. The summed E-state index contributed by atoms with van der Waals surface area (Å²) in [6, 6.07) is 46.9. The number of anilines is 3. The Bertz CT molecular complexity index is 2950. The van der Waals surface area contributed by atoms with Crippen LogP contribution in [-0.2, 0) is 0 Å². The second-order valence-corrected chi connectivity index (χ2v) is 14.8. The Kier molecular flexibility index (Phi) is 8.92. The molecule has 0 saturated carbocycles. The highest BCUT2D eigenvalue weighted by molar-refractivity contribution is 6.06. The lowest BCUT2D eigenvalue weighted by Gasteiger charge is -2.29. The predicted molar refractivity (Wildman–Crippen MR) is 243 cm³/mol. The van der Waals surface area contributed by atoms with Crippen molar-refractivity contribution in [3.8, 4) is 16.9 Å². The van der Waals surface area contributed by atoms with Crippen LogP contribution >= 0.6 is 0 Å². The maximum atomic E-state index is 6.44. The summed E-state index contributed by atoms with van der Waals surface area (Å²) in [6.45, 7) is 8.68. The molecule has 6 aromatic carbocycles. The number of nitrogens with zero attached hydrogens (tertiary/aromatic N) is 1. The summed E-state index contributed by atoms with van der Waals surface area (Å²) >= 11 is 0. The van der Waals surface area contributed by atoms with Crippen molar-refractivity contribution in [1.29, 1.82) is 0 Å². The van der Waals surface area contributed by atoms with Crippen LogP contribution in [-0.4, -0.2) is 0 Å². The molecule has 0 radical (unpaired) electrons. The number of allylic oxidation sites excluding steroid dienone is 11. The van der Waals surface area contributed by atoms with Crippen LogP contribution in [0.4, 0.5) is 17.1 Å². The van der Waals surface area contributed by atoms with Crippen LogP contribution in [0.25, 0.3) is 49.8 Å². The second-order valence-electron chi connectivity index (χ2n) is 14.8. The third-order valence-electron chi connectivity index (χ3n) is 11.2. The number of furan rings is 1. The lowest BCUT2D eigenvalue weighted by Crippen LogP contribution is -2.17. The molecule has 3 aliphatic rings. The monoisotopic (exact) mass is 748 g/mol. The minimum Gasteiger partial charge on any atom is -0.464 e. The van der Waals surface area contributed by atoms with Crippen LogP contribution in [0.2, 0.25) is 0 Å². The number of para-hydroxylation sites is 3. The van der Waals surface area contributed by atoms with Gasteiger partial charge in [0.15, 0.2) is 0 Å². The fraction of sp³-hybridized carbons (Fsp3) is 0.0370. The van der Waals surface area contributed by atoms with Crippen molar-refractivity contribution in [3.05, 3.63) is 236 Å². The smallest absolute Gasteiger partial charge is 0.139 e. The number of hydrogen-bond acceptors (Lipinski definition) is 4. The Balaban J connectivity index is 0.993. The van der Waals surface area contributed by atoms with E-state index in [1.165, 1.54) is 5.56 Å². The first kappa shape index (κ1) is 34.9. The molecule has 278 valence electrons. The summed E-state index contributed by atoms with van der Waals surface area (Å²) in [7, 11) is 0. The number of benzene rings is 6. The number of ether oxygens (including phenoxy) is 1. The van der Waals surface area contributed by atoms with Gasteiger partial charge in [0.2, 0.25) is 0 Å². The van der Waals surface area contributed by atoms with E-state index in [9.17, 15) is 0 Å². The van der Waals surface area contributed by atoms with Gasteiger partial charge in [-0.25, -0.2) is 0 Å². The van der Waals surface area contributed by atoms with Crippen molar-refractivity contribution in [1.82, 2.24) is 0 Å². The zero-order valence-corrected chi connectivity index (χ0v) is 31.9. The van der Waals surface area contributed by atoms with Gasteiger partial charge in [0.25, 0.3) is 0 Å². The highest BCUT2D eigenvalue weighted by Gasteiger charge is 2.22. The summed E-state index contributed by atoms with van der Waals surface area (Å²) < 4.78 is 12.4. The first-order valence-electron chi connectivity index (χ1n) is 19.6. The first-order valence-corrected chi connectivity index (χ1v) is 19.6. The average Bonchev–Trinajstić information content (AvgIpc) is 3.65. The van der Waals surface area contributed by atoms with Gasteiger partial charge in [-0.3, -0.25) is 0 Å². The summed E-state index contributed by atoms with van der Waals surface area (Å²) in [4.78, 5) is 2.34. The van der Waals surface area contributed by atoms with Gasteiger partial charge in [0, 0.05) is 62.3 Å². The van der Waals surface area contributed by atoms with Gasteiger partial charge in [-0.2, -0.15) is 0 Å². The van der Waals surface area contributed by atoms with Crippen molar-refractivity contribution in [2.75, 3.05) is 10.2 Å². The van der Waals surface area contributed by atoms with E-state index in [-0.39, 0.29) is 5.92 Å². The largest absolute Gasteiger partial charge is 0.464 e. The van der Waals surface area contributed by atoms with Gasteiger partial charge in [-0.15, -0.1) is 0 Å². The third kappa shape index (κ3) is 6.51. The van der Waals surface area contributed by atoms with Crippen LogP contribution in [0.1, 0.15) is 34.6 Å². The van der Waals surface area contributed by atoms with Crippen LogP contribution in [0.5, 0.6) is 5.75 Å². The Morgan fingerprint density at radius 2 is 1.40 bits per heavy atom. The van der Waals surface area contributed by atoms with E-state index < -0.39 is 0 Å². The van der Waals surface area contributed by atoms with E-state index in [2.05, 4.69) is 145 Å². The standard InChI is InChI=1S/C54H40N2O2/c1-36-10-7-8-32-55-51-30-23-41(35-50(36)51)38-17-24-43(25-18-38)56(44-26-19-39(20-27-44)42-31-33-57-52-15-5-3-11-46(52)37(2)34-42)45-28-21-40(22-29-45)47-13-9-14-49-48-12-4-6-16-53(48)58-54(47)49/h3-21,23-35,40,55H,1-2,22H2/b10-7-,32-8-,33-31-,42-34+. The van der Waals surface area contributed by atoms with E-state index in [1.807, 2.05) is 66.9 Å². The predicted octanol–water partition coefficient (Wildman–Crippen LogP) is 14.5. The molecule has 0 amide bonds. The zero-order valence-electron chi connectivity index (χ0n) is 31.9. The number of hydrogen-bond donors (Lipinski definition) is 1. The number of rotatable bonds is 6. The SMILES string of the molecule is C=C1/C=C\C=C/Nc2ccc(-c3ccc(N(C4=CCC(c5cccc6c5oc5ccccc56)C=C4)c4ccc(C5=C/C(=C)c6ccccc6O/C=C\5)cc4)cc3)cc21. The van der Waals surface area contributed by atoms with Crippen molar-refractivity contribution < 1.29 is 9.15 Å². The van der Waals surface area contributed by atoms with Crippen LogP contribution in [0.15, 0.2) is 218 Å². The molecule has 0 bridgehead atoms. The molecule has 4 nitrogen and oxygen atoms in total. The van der Waals surface area contributed by atoms with Crippen LogP contribution in [0.3, 0.4) is 0 Å². The van der Waals surface area contributed by atoms with Gasteiger partial charge in [0.05, 0.1) is 6.26 Å². The molecule has 2 aliphatic heterocycles. The highest BCUT2D eigenvalue weighted by Crippen LogP contribution is 2.41. The second kappa shape index (κ2) is 14.8. The van der Waals surface area contributed by atoms with Gasteiger partial charge in [0.1, 0.15) is 16.9 Å². The summed E-state index contributed by atoms with van der Waals surface area (Å²) in [5.74, 6) is 0.987. The summed E-state index contributed by atoms with van der Waals surface area (Å²) in [6.07, 6.45) is 21.6. The molecular weight excluding hydrogens is 709 g/mol. The van der Waals surface area contributed by atoms with Crippen molar-refractivity contribution in [2.45, 2.75) is 12.3 Å². The minimum atomic E-state index is 0.185. The fourth-order valence-electron chi connectivity index (χ4n) is 8.20. The number of fused-ring (bicyclic) bond motifs is 5. The average molecular weight is 749 g/mol. The van der Waals surface area contributed by atoms with Gasteiger partial charge >= 0.3 is 0 Å². The Hall–Kier alpha value is -7.56. The van der Waals surface area contributed by atoms with Gasteiger partial charge in [-0.05, 0) is 113 Å². The van der Waals surface area contributed by atoms with E-state index in [1.54, 1.807) is 6.26 Å². The van der Waals surface area contributed by atoms with Gasteiger partial charge < -0.3 is 19.4 Å². The Morgan fingerprint density at radius 1 is 0.638 bits per heavy atom. The maximum Gasteiger partial charge on any atom is 0.139 e. The molecule has 7 aromatic rings. The molecule has 1 N–H and O–H groups in total. The molecule has 3 heterocycles. The summed E-state index contributed by atoms with van der Waals surface area (Å²) in [5.41, 5.74) is 15.7. The van der Waals surface area contributed by atoms with Gasteiger partial charge in [-0.1, -0.05) is 122 Å². The fourth-order valence-corrected chi connectivity index (χ4v) is 8.20. The molecule has 1 atom stereocenters. The quantitative estimate of drug-likeness (QED) is 0.184. The lowest BCUT2D eigenvalue weighted by atomic mass is 9.90. The van der Waals surface area contributed by atoms with Crippen LogP contribution < -0.4 is 15.0 Å². The molecule has 1 unspecified atom stereocenters. The van der Waals surface area contributed by atoms with E-state index in [4.69, 9.17) is 9.15 Å². The molecule has 1 aliphatic carbocycles. The van der Waals surface area contributed by atoms with E-state index >= 15 is 0 Å². The zero-order chi connectivity index (χ0) is 39.0. The molecule has 58 heavy (non-hydrogen) atoms. The van der Waals surface area contributed by atoms with Crippen molar-refractivity contribution in [2.24, 2.45) is 0 Å². The normalized spacial score (nSPS) is 18.5. The van der Waals surface area contributed by atoms with E-state index in [0.717, 1.165) is 101 Å². The molecule has 4 heteroatoms. The highest BCUT2D eigenvalue weighted by atomic mass is 16.5. The number of nitrogens with one attached hydrogen (secondary N) is 1. The minimum absolute atomic E-state index is 0.185. The third-order valence-corrected chi connectivity index (χ3v) is 11.2. The topological polar surface area (TPSA) is 37.6 Å².